The second kappa shape index (κ2) is 7.48. The Balaban J connectivity index is 2.16. The van der Waals surface area contributed by atoms with Gasteiger partial charge in [-0.1, -0.05) is 0 Å². The highest BCUT2D eigenvalue weighted by Gasteiger charge is 2.18. The fourth-order valence-electron chi connectivity index (χ4n) is 1.22. The first-order valence-corrected chi connectivity index (χ1v) is 6.09. The lowest BCUT2D eigenvalue weighted by Crippen LogP contribution is -2.38. The first-order valence-electron chi connectivity index (χ1n) is 4.93. The Morgan fingerprint density at radius 2 is 2.50 bits per heavy atom. The Bertz CT molecular complexity index is 232. The molecular formula is C9H15NO5S. The molecule has 1 saturated heterocycles. The summed E-state index contributed by atoms with van der Waals surface area (Å²) in [6.07, 6.45) is 1.35. The summed E-state index contributed by atoms with van der Waals surface area (Å²) in [5.41, 5.74) is 0. The van der Waals surface area contributed by atoms with Crippen molar-refractivity contribution in [3.63, 3.8) is 0 Å². The summed E-state index contributed by atoms with van der Waals surface area (Å²) >= 11 is 1.45. The summed E-state index contributed by atoms with van der Waals surface area (Å²) in [4.78, 5) is 20.8. The van der Waals surface area contributed by atoms with Gasteiger partial charge in [0, 0.05) is 11.5 Å². The highest BCUT2D eigenvalue weighted by Crippen LogP contribution is 2.13. The Labute approximate surface area is 97.7 Å². The van der Waals surface area contributed by atoms with E-state index in [-0.39, 0.29) is 6.10 Å². The molecule has 0 saturated carbocycles. The van der Waals surface area contributed by atoms with Crippen molar-refractivity contribution >= 4 is 24.1 Å². The fraction of sp³-hybridized carbons (Fsp3) is 0.778. The molecule has 1 fully saturated rings. The lowest BCUT2D eigenvalue weighted by molar-refractivity contribution is -0.139. The van der Waals surface area contributed by atoms with Crippen LogP contribution in [0.25, 0.3) is 0 Å². The van der Waals surface area contributed by atoms with Crippen molar-refractivity contribution in [1.82, 2.24) is 5.32 Å². The number of rotatable bonds is 7. The molecular weight excluding hydrogens is 234 g/mol. The predicted octanol–water partition coefficient (Wildman–Crippen LogP) is -0.318. The van der Waals surface area contributed by atoms with E-state index in [1.54, 1.807) is 0 Å². The molecule has 0 radical (unpaired) electrons. The van der Waals surface area contributed by atoms with Gasteiger partial charge in [0.1, 0.15) is 12.8 Å². The molecule has 0 bridgehead atoms. The van der Waals surface area contributed by atoms with Crippen LogP contribution >= 0.6 is 11.8 Å². The smallest absolute Gasteiger partial charge is 0.327 e. The molecule has 0 aromatic heterocycles. The number of hydrogen-bond donors (Lipinski definition) is 2. The Morgan fingerprint density at radius 1 is 1.69 bits per heavy atom. The molecule has 0 aromatic rings. The van der Waals surface area contributed by atoms with Crippen LogP contribution in [0.15, 0.2) is 0 Å². The highest BCUT2D eigenvalue weighted by molar-refractivity contribution is 7.99. The van der Waals surface area contributed by atoms with Gasteiger partial charge in [0.2, 0.25) is 6.41 Å². The number of carboxylic acids is 1. The minimum Gasteiger partial charge on any atom is -0.480 e. The monoisotopic (exact) mass is 249 g/mol. The van der Waals surface area contributed by atoms with Crippen molar-refractivity contribution in [2.24, 2.45) is 0 Å². The van der Waals surface area contributed by atoms with E-state index in [1.165, 1.54) is 11.8 Å². The molecule has 0 aliphatic carbocycles. The number of carbonyl (C=O) groups excluding carboxylic acids is 1. The largest absolute Gasteiger partial charge is 0.480 e. The number of ether oxygens (including phenoxy) is 2. The van der Waals surface area contributed by atoms with Crippen LogP contribution in [0.1, 0.15) is 6.42 Å². The molecule has 0 aromatic carbocycles. The Kier molecular flexibility index (Phi) is 6.20. The van der Waals surface area contributed by atoms with E-state index in [1.807, 2.05) is 0 Å². The van der Waals surface area contributed by atoms with Gasteiger partial charge >= 0.3 is 5.97 Å². The SMILES string of the molecule is O=CNC(CSCC1CCOCO1)C(=O)O. The molecule has 1 amide bonds. The van der Waals surface area contributed by atoms with Gasteiger partial charge in [0.15, 0.2) is 0 Å². The first-order chi connectivity index (χ1) is 7.74. The molecule has 1 heterocycles. The third-order valence-corrected chi connectivity index (χ3v) is 3.30. The Morgan fingerprint density at radius 3 is 3.06 bits per heavy atom. The predicted molar refractivity (Wildman–Crippen MR) is 58.3 cm³/mol. The van der Waals surface area contributed by atoms with Gasteiger partial charge < -0.3 is 19.9 Å². The maximum atomic E-state index is 10.7. The molecule has 92 valence electrons. The standard InChI is InChI=1S/C9H15NO5S/c11-5-10-8(9(12)13)4-16-3-7-1-2-14-6-15-7/h5,7-8H,1-4,6H2,(H,10,11)(H,12,13). The van der Waals surface area contributed by atoms with Crippen LogP contribution in [-0.2, 0) is 19.1 Å². The maximum absolute atomic E-state index is 10.7. The van der Waals surface area contributed by atoms with Gasteiger partial charge in [-0.3, -0.25) is 4.79 Å². The van der Waals surface area contributed by atoms with Crippen LogP contribution in [-0.4, -0.2) is 54.5 Å². The van der Waals surface area contributed by atoms with Gasteiger partial charge in [-0.15, -0.1) is 0 Å². The van der Waals surface area contributed by atoms with Crippen LogP contribution in [0.4, 0.5) is 0 Å². The van der Waals surface area contributed by atoms with Crippen molar-refractivity contribution in [1.29, 1.82) is 0 Å². The minimum atomic E-state index is -1.02. The van der Waals surface area contributed by atoms with Crippen molar-refractivity contribution < 1.29 is 24.2 Å². The van der Waals surface area contributed by atoms with E-state index < -0.39 is 12.0 Å². The lowest BCUT2D eigenvalue weighted by Gasteiger charge is -2.22. The molecule has 7 heteroatoms. The average molecular weight is 249 g/mol. The summed E-state index contributed by atoms with van der Waals surface area (Å²) in [7, 11) is 0. The van der Waals surface area contributed by atoms with Crippen LogP contribution in [0.2, 0.25) is 0 Å². The van der Waals surface area contributed by atoms with Gasteiger partial charge in [-0.2, -0.15) is 11.8 Å². The van der Waals surface area contributed by atoms with Gasteiger partial charge in [-0.25, -0.2) is 4.79 Å². The first kappa shape index (κ1) is 13.3. The van der Waals surface area contributed by atoms with E-state index in [4.69, 9.17) is 14.6 Å². The zero-order valence-corrected chi connectivity index (χ0v) is 9.57. The second-order valence-corrected chi connectivity index (χ2v) is 4.39. The summed E-state index contributed by atoms with van der Waals surface area (Å²) < 4.78 is 10.3. The topological polar surface area (TPSA) is 84.9 Å². The molecule has 0 spiro atoms. The summed E-state index contributed by atoms with van der Waals surface area (Å²) in [6.45, 7) is 0.986. The van der Waals surface area contributed by atoms with Crippen molar-refractivity contribution in [2.75, 3.05) is 24.9 Å². The molecule has 6 nitrogen and oxygen atoms in total. The number of carbonyl (C=O) groups is 2. The van der Waals surface area contributed by atoms with Gasteiger partial charge in [0.25, 0.3) is 0 Å². The van der Waals surface area contributed by atoms with Crippen LogP contribution in [0, 0.1) is 0 Å². The van der Waals surface area contributed by atoms with Crippen molar-refractivity contribution in [2.45, 2.75) is 18.6 Å². The molecule has 2 unspecified atom stereocenters. The van der Waals surface area contributed by atoms with Gasteiger partial charge in [-0.05, 0) is 6.42 Å². The zero-order chi connectivity index (χ0) is 11.8. The van der Waals surface area contributed by atoms with E-state index >= 15 is 0 Å². The Hall–Kier alpha value is -0.790. The maximum Gasteiger partial charge on any atom is 0.327 e. The number of hydrogen-bond acceptors (Lipinski definition) is 5. The number of aliphatic carboxylic acids is 1. The summed E-state index contributed by atoms with van der Waals surface area (Å²) in [6, 6.07) is -0.831. The van der Waals surface area contributed by atoms with Crippen molar-refractivity contribution in [3.05, 3.63) is 0 Å². The third kappa shape index (κ3) is 4.82. The van der Waals surface area contributed by atoms with Crippen LogP contribution < -0.4 is 5.32 Å². The van der Waals surface area contributed by atoms with Crippen molar-refractivity contribution in [3.8, 4) is 0 Å². The number of carboxylic acid groups (broad SMARTS) is 1. The zero-order valence-electron chi connectivity index (χ0n) is 8.76. The van der Waals surface area contributed by atoms with Crippen LogP contribution in [0.5, 0.6) is 0 Å². The van der Waals surface area contributed by atoms with E-state index in [2.05, 4.69) is 5.32 Å². The quantitative estimate of drug-likeness (QED) is 0.602. The van der Waals surface area contributed by atoms with E-state index in [0.29, 0.717) is 31.3 Å². The fourth-order valence-corrected chi connectivity index (χ4v) is 2.36. The molecule has 2 atom stereocenters. The molecule has 16 heavy (non-hydrogen) atoms. The highest BCUT2D eigenvalue weighted by atomic mass is 32.2. The van der Waals surface area contributed by atoms with Gasteiger partial charge in [0.05, 0.1) is 12.7 Å². The normalized spacial score (nSPS) is 22.4. The molecule has 1 aliphatic heterocycles. The average Bonchev–Trinajstić information content (AvgIpc) is 2.29. The molecule has 1 rings (SSSR count). The molecule has 2 N–H and O–H groups in total. The lowest BCUT2D eigenvalue weighted by atomic mass is 10.3. The van der Waals surface area contributed by atoms with E-state index in [9.17, 15) is 9.59 Å². The number of amides is 1. The number of nitrogens with one attached hydrogen (secondary N) is 1. The van der Waals surface area contributed by atoms with Crippen LogP contribution in [0.3, 0.4) is 0 Å². The van der Waals surface area contributed by atoms with E-state index in [0.717, 1.165) is 6.42 Å². The minimum absolute atomic E-state index is 0.115. The summed E-state index contributed by atoms with van der Waals surface area (Å²) in [5.74, 6) is 0.0372. The molecule has 1 aliphatic rings. The second-order valence-electron chi connectivity index (χ2n) is 3.32. The third-order valence-electron chi connectivity index (χ3n) is 2.13. The number of thioether (sulfide) groups is 1. The summed E-state index contributed by atoms with van der Waals surface area (Å²) in [5, 5.41) is 11.0.